The fraction of sp³-hybridized carbons (Fsp3) is 0.667. The smallest absolute Gasteiger partial charge is 0.0521 e. The van der Waals surface area contributed by atoms with Gasteiger partial charge in [-0.1, -0.05) is 19.9 Å². The summed E-state index contributed by atoms with van der Waals surface area (Å²) in [5, 5.41) is 0. The van der Waals surface area contributed by atoms with E-state index in [0.717, 1.165) is 13.1 Å². The van der Waals surface area contributed by atoms with E-state index in [-0.39, 0.29) is 0 Å². The summed E-state index contributed by atoms with van der Waals surface area (Å²) >= 11 is 0. The molecule has 1 atom stereocenters. The zero-order chi connectivity index (χ0) is 9.40. The second kappa shape index (κ2) is 7.00. The van der Waals surface area contributed by atoms with E-state index in [0.29, 0.717) is 12.0 Å². The molecule has 0 radical (unpaired) electrons. The lowest BCUT2D eigenvalue weighted by Crippen LogP contribution is -2.43. The van der Waals surface area contributed by atoms with Crippen LogP contribution in [0.2, 0.25) is 0 Å². The topological polar surface area (TPSA) is 36.4 Å². The summed E-state index contributed by atoms with van der Waals surface area (Å²) in [6.07, 6.45) is 1.90. The fourth-order valence-electron chi connectivity index (χ4n) is 0.823. The molecule has 3 heteroatoms. The number of hydrogen-bond donors (Lipinski definition) is 2. The third kappa shape index (κ3) is 5.04. The third-order valence-corrected chi connectivity index (χ3v) is 1.64. The number of nitrogens with one attached hydrogen (secondary N) is 2. The first kappa shape index (κ1) is 11.3. The van der Waals surface area contributed by atoms with Crippen molar-refractivity contribution >= 4 is 6.72 Å². The maximum Gasteiger partial charge on any atom is 0.0521 e. The first-order valence-electron chi connectivity index (χ1n) is 4.25. The van der Waals surface area contributed by atoms with Gasteiger partial charge in [0.25, 0.3) is 0 Å². The van der Waals surface area contributed by atoms with Crippen LogP contribution in [0.15, 0.2) is 17.6 Å². The number of nitrogens with zero attached hydrogens (tertiary/aromatic N) is 1. The molecule has 0 heterocycles. The van der Waals surface area contributed by atoms with Crippen LogP contribution in [-0.4, -0.2) is 25.8 Å². The SMILES string of the molecule is C=CC(NNCCN=C)C(C)C. The quantitative estimate of drug-likeness (QED) is 0.258. The average molecular weight is 169 g/mol. The molecule has 0 aromatic heterocycles. The van der Waals surface area contributed by atoms with Crippen molar-refractivity contribution in [1.82, 2.24) is 10.9 Å². The molecule has 0 aliphatic rings. The molecule has 0 fully saturated rings. The molecular formula is C9H19N3. The van der Waals surface area contributed by atoms with Crippen molar-refractivity contribution in [3.8, 4) is 0 Å². The van der Waals surface area contributed by atoms with Crippen molar-refractivity contribution in [2.45, 2.75) is 19.9 Å². The molecule has 70 valence electrons. The molecule has 2 N–H and O–H groups in total. The predicted octanol–water partition coefficient (Wildman–Crippen LogP) is 0.992. The fourth-order valence-corrected chi connectivity index (χ4v) is 0.823. The zero-order valence-corrected chi connectivity index (χ0v) is 8.01. The summed E-state index contributed by atoms with van der Waals surface area (Å²) < 4.78 is 0. The highest BCUT2D eigenvalue weighted by Gasteiger charge is 2.06. The molecule has 0 aliphatic carbocycles. The van der Waals surface area contributed by atoms with Gasteiger partial charge in [-0.05, 0) is 12.6 Å². The van der Waals surface area contributed by atoms with Crippen LogP contribution < -0.4 is 10.9 Å². The molecule has 0 bridgehead atoms. The minimum absolute atomic E-state index is 0.315. The Morgan fingerprint density at radius 2 is 2.17 bits per heavy atom. The molecule has 0 saturated heterocycles. The molecule has 3 nitrogen and oxygen atoms in total. The van der Waals surface area contributed by atoms with E-state index < -0.39 is 0 Å². The van der Waals surface area contributed by atoms with Crippen LogP contribution in [0.4, 0.5) is 0 Å². The first-order valence-corrected chi connectivity index (χ1v) is 4.25. The molecule has 0 rings (SSSR count). The van der Waals surface area contributed by atoms with Gasteiger partial charge in [-0.2, -0.15) is 0 Å². The monoisotopic (exact) mass is 169 g/mol. The van der Waals surface area contributed by atoms with E-state index in [4.69, 9.17) is 0 Å². The molecule has 0 amide bonds. The van der Waals surface area contributed by atoms with E-state index in [1.165, 1.54) is 0 Å². The molecule has 1 unspecified atom stereocenters. The molecule has 0 aromatic carbocycles. The normalized spacial score (nSPS) is 12.9. The van der Waals surface area contributed by atoms with Gasteiger partial charge >= 0.3 is 0 Å². The Morgan fingerprint density at radius 1 is 1.50 bits per heavy atom. The standard InChI is InChI=1S/C9H19N3/c1-5-9(8(2)3)12-11-7-6-10-4/h5,8-9,11-12H,1,4,6-7H2,2-3H3. The summed E-state index contributed by atoms with van der Waals surface area (Å²) in [5.41, 5.74) is 6.21. The van der Waals surface area contributed by atoms with Gasteiger partial charge in [-0.25, -0.2) is 0 Å². The summed E-state index contributed by atoms with van der Waals surface area (Å²) in [6.45, 7) is 13.0. The lowest BCUT2D eigenvalue weighted by molar-refractivity contribution is 0.405. The second-order valence-electron chi connectivity index (χ2n) is 3.02. The molecule has 12 heavy (non-hydrogen) atoms. The Bertz CT molecular complexity index is 132. The van der Waals surface area contributed by atoms with Crippen LogP contribution in [0.25, 0.3) is 0 Å². The lowest BCUT2D eigenvalue weighted by atomic mass is 10.1. The highest BCUT2D eigenvalue weighted by Crippen LogP contribution is 1.99. The summed E-state index contributed by atoms with van der Waals surface area (Å²) in [5.74, 6) is 0.548. The van der Waals surface area contributed by atoms with Crippen LogP contribution in [0.1, 0.15) is 13.8 Å². The van der Waals surface area contributed by atoms with E-state index in [9.17, 15) is 0 Å². The van der Waals surface area contributed by atoms with Crippen LogP contribution in [0, 0.1) is 5.92 Å². The third-order valence-electron chi connectivity index (χ3n) is 1.64. The number of rotatable bonds is 7. The van der Waals surface area contributed by atoms with Crippen LogP contribution in [0.5, 0.6) is 0 Å². The van der Waals surface area contributed by atoms with Crippen molar-refractivity contribution in [2.75, 3.05) is 13.1 Å². The summed E-state index contributed by atoms with van der Waals surface area (Å²) in [4.78, 5) is 3.72. The Morgan fingerprint density at radius 3 is 2.58 bits per heavy atom. The molecule has 0 saturated carbocycles. The average Bonchev–Trinajstić information content (AvgIpc) is 2.04. The van der Waals surface area contributed by atoms with Gasteiger partial charge in [0.2, 0.25) is 0 Å². The lowest BCUT2D eigenvalue weighted by Gasteiger charge is -2.18. The molecular weight excluding hydrogens is 150 g/mol. The number of hydrazine groups is 1. The number of hydrogen-bond acceptors (Lipinski definition) is 3. The molecule has 0 aromatic rings. The molecule has 0 aliphatic heterocycles. The minimum atomic E-state index is 0.315. The van der Waals surface area contributed by atoms with Crippen molar-refractivity contribution < 1.29 is 0 Å². The summed E-state index contributed by atoms with van der Waals surface area (Å²) in [7, 11) is 0. The highest BCUT2D eigenvalue weighted by molar-refractivity contribution is 5.23. The van der Waals surface area contributed by atoms with Crippen molar-refractivity contribution in [3.05, 3.63) is 12.7 Å². The van der Waals surface area contributed by atoms with Crippen LogP contribution in [-0.2, 0) is 0 Å². The van der Waals surface area contributed by atoms with Crippen molar-refractivity contribution in [1.29, 1.82) is 0 Å². The van der Waals surface area contributed by atoms with E-state index >= 15 is 0 Å². The van der Waals surface area contributed by atoms with Crippen molar-refractivity contribution in [2.24, 2.45) is 10.9 Å². The predicted molar refractivity (Wildman–Crippen MR) is 54.4 cm³/mol. The van der Waals surface area contributed by atoms with Gasteiger partial charge in [-0.15, -0.1) is 6.58 Å². The van der Waals surface area contributed by atoms with Gasteiger partial charge in [0.1, 0.15) is 0 Å². The Hall–Kier alpha value is -0.670. The zero-order valence-electron chi connectivity index (χ0n) is 8.01. The van der Waals surface area contributed by atoms with E-state index in [2.05, 4.69) is 43.0 Å². The maximum absolute atomic E-state index is 3.74. The van der Waals surface area contributed by atoms with Gasteiger partial charge in [-0.3, -0.25) is 15.8 Å². The minimum Gasteiger partial charge on any atom is -0.300 e. The van der Waals surface area contributed by atoms with Gasteiger partial charge < -0.3 is 0 Å². The van der Waals surface area contributed by atoms with Crippen molar-refractivity contribution in [3.63, 3.8) is 0 Å². The van der Waals surface area contributed by atoms with Gasteiger partial charge in [0, 0.05) is 12.6 Å². The maximum atomic E-state index is 3.74. The second-order valence-corrected chi connectivity index (χ2v) is 3.02. The van der Waals surface area contributed by atoms with E-state index in [1.54, 1.807) is 0 Å². The largest absolute Gasteiger partial charge is 0.300 e. The summed E-state index contributed by atoms with van der Waals surface area (Å²) in [6, 6.07) is 0.315. The van der Waals surface area contributed by atoms with Crippen LogP contribution >= 0.6 is 0 Å². The van der Waals surface area contributed by atoms with Crippen LogP contribution in [0.3, 0.4) is 0 Å². The number of aliphatic imine (C=N–C) groups is 1. The Balaban J connectivity index is 3.44. The Kier molecular flexibility index (Phi) is 6.61. The first-order chi connectivity index (χ1) is 5.72. The highest BCUT2D eigenvalue weighted by atomic mass is 15.4. The Labute approximate surface area is 74.9 Å². The van der Waals surface area contributed by atoms with Gasteiger partial charge in [0.15, 0.2) is 0 Å². The molecule has 0 spiro atoms. The van der Waals surface area contributed by atoms with Gasteiger partial charge in [0.05, 0.1) is 6.54 Å². The van der Waals surface area contributed by atoms with E-state index in [1.807, 2.05) is 6.08 Å².